The molecule has 1 atom stereocenters. The molecule has 1 N–H and O–H groups in total. The molecule has 1 aromatic heterocycles. The molecule has 3 aliphatic heterocycles. The maximum Gasteiger partial charge on any atom is 0.418 e. The number of halogens is 3. The van der Waals surface area contributed by atoms with Crippen LogP contribution in [0.5, 0.6) is 0 Å². The van der Waals surface area contributed by atoms with E-state index in [0.29, 0.717) is 16.2 Å². The van der Waals surface area contributed by atoms with Crippen LogP contribution in [0, 0.1) is 12.8 Å². The van der Waals surface area contributed by atoms with Gasteiger partial charge in [-0.3, -0.25) is 9.69 Å². The number of alkyl halides is 3. The van der Waals surface area contributed by atoms with Gasteiger partial charge < -0.3 is 5.32 Å². The van der Waals surface area contributed by atoms with Crippen LogP contribution >= 0.6 is 11.3 Å². The molecule has 1 saturated carbocycles. The highest BCUT2D eigenvalue weighted by Gasteiger charge is 2.60. The highest BCUT2D eigenvalue weighted by atomic mass is 32.1. The van der Waals surface area contributed by atoms with E-state index in [9.17, 15) is 18.0 Å². The number of carbonyl (C=O) groups excluding carboxylic acids is 1. The van der Waals surface area contributed by atoms with Gasteiger partial charge in [0.2, 0.25) is 0 Å². The summed E-state index contributed by atoms with van der Waals surface area (Å²) >= 11 is 0.957. The topological polar surface area (TPSA) is 32.3 Å². The van der Waals surface area contributed by atoms with Crippen molar-refractivity contribution < 1.29 is 18.0 Å². The van der Waals surface area contributed by atoms with Crippen LogP contribution in [0.3, 0.4) is 0 Å². The summed E-state index contributed by atoms with van der Waals surface area (Å²) in [7, 11) is 0. The van der Waals surface area contributed by atoms with Crippen molar-refractivity contribution in [2.75, 3.05) is 13.1 Å². The van der Waals surface area contributed by atoms with Crippen molar-refractivity contribution >= 4 is 27.3 Å². The molecule has 4 fully saturated rings. The molecule has 0 radical (unpaired) electrons. The number of benzene rings is 1. The van der Waals surface area contributed by atoms with Crippen LogP contribution in [0.15, 0.2) is 18.2 Å². The zero-order valence-electron chi connectivity index (χ0n) is 15.0. The number of fused-ring (bicyclic) bond motifs is 3. The Morgan fingerprint density at radius 3 is 2.59 bits per heavy atom. The maximum atomic E-state index is 13.5. The Balaban J connectivity index is 1.47. The van der Waals surface area contributed by atoms with Crippen LogP contribution in [-0.2, 0) is 6.18 Å². The quantitative estimate of drug-likeness (QED) is 0.808. The van der Waals surface area contributed by atoms with Gasteiger partial charge in [-0.15, -0.1) is 11.3 Å². The van der Waals surface area contributed by atoms with Crippen LogP contribution in [0.2, 0.25) is 0 Å². The minimum Gasteiger partial charge on any atom is -0.346 e. The summed E-state index contributed by atoms with van der Waals surface area (Å²) in [6.07, 6.45) is -0.0142. The van der Waals surface area contributed by atoms with Crippen molar-refractivity contribution in [3.8, 4) is 0 Å². The van der Waals surface area contributed by atoms with Gasteiger partial charge in [-0.2, -0.15) is 13.2 Å². The number of carbonyl (C=O) groups is 1. The fourth-order valence-electron chi connectivity index (χ4n) is 5.20. The molecule has 0 unspecified atom stereocenters. The van der Waals surface area contributed by atoms with Gasteiger partial charge in [-0.25, -0.2) is 0 Å². The zero-order valence-corrected chi connectivity index (χ0v) is 15.8. The average Bonchev–Trinajstić information content (AvgIpc) is 3.27. The van der Waals surface area contributed by atoms with E-state index in [1.165, 1.54) is 13.0 Å². The first kappa shape index (κ1) is 17.5. The van der Waals surface area contributed by atoms with Gasteiger partial charge >= 0.3 is 6.18 Å². The highest BCUT2D eigenvalue weighted by molar-refractivity contribution is 7.21. The van der Waals surface area contributed by atoms with Gasteiger partial charge in [-0.05, 0) is 68.6 Å². The molecule has 27 heavy (non-hydrogen) atoms. The monoisotopic (exact) mass is 394 g/mol. The lowest BCUT2D eigenvalue weighted by atomic mass is 9.77. The summed E-state index contributed by atoms with van der Waals surface area (Å²) in [6, 6.07) is 4.88. The summed E-state index contributed by atoms with van der Waals surface area (Å²) in [6.45, 7) is 3.67. The van der Waals surface area contributed by atoms with Crippen molar-refractivity contribution in [3.63, 3.8) is 0 Å². The third-order valence-electron chi connectivity index (χ3n) is 6.67. The number of aryl methyl sites for hydroxylation is 1. The minimum atomic E-state index is -4.42. The molecule has 2 aromatic rings. The van der Waals surface area contributed by atoms with Crippen molar-refractivity contribution in [2.24, 2.45) is 5.92 Å². The summed E-state index contributed by atoms with van der Waals surface area (Å²) in [5, 5.41) is 3.69. The summed E-state index contributed by atoms with van der Waals surface area (Å²) in [4.78, 5) is 15.8. The van der Waals surface area contributed by atoms with Gasteiger partial charge in [0.25, 0.3) is 5.91 Å². The van der Waals surface area contributed by atoms with Crippen LogP contribution in [0.25, 0.3) is 10.1 Å². The van der Waals surface area contributed by atoms with Crippen molar-refractivity contribution in [1.82, 2.24) is 10.2 Å². The van der Waals surface area contributed by atoms with E-state index in [0.717, 1.165) is 50.1 Å². The predicted octanol–water partition coefficient (Wildman–Crippen LogP) is 4.59. The summed E-state index contributed by atoms with van der Waals surface area (Å²) in [5.74, 6) is 0.260. The smallest absolute Gasteiger partial charge is 0.346 e. The van der Waals surface area contributed by atoms with Crippen LogP contribution in [0.1, 0.15) is 46.5 Å². The largest absolute Gasteiger partial charge is 0.418 e. The van der Waals surface area contributed by atoms with E-state index in [2.05, 4.69) is 10.2 Å². The summed E-state index contributed by atoms with van der Waals surface area (Å²) in [5.41, 5.74) is -0.315. The van der Waals surface area contributed by atoms with Gasteiger partial charge in [0, 0.05) is 10.2 Å². The third kappa shape index (κ3) is 2.62. The van der Waals surface area contributed by atoms with Gasteiger partial charge in [0.15, 0.2) is 0 Å². The fourth-order valence-corrected chi connectivity index (χ4v) is 6.38. The zero-order chi connectivity index (χ0) is 19.0. The number of amides is 1. The second kappa shape index (κ2) is 5.70. The lowest BCUT2D eigenvalue weighted by Crippen LogP contribution is -2.65. The second-order valence-corrected chi connectivity index (χ2v) is 9.22. The normalized spacial score (nSPS) is 28.7. The standard InChI is InChI=1S/C20H21F3N2OS/c1-11-2-3-13-10-14(27-16(13)15(11)20(21,22)23)18(26)24-17-12-4-8-25(9-5-12)19(17)6-7-19/h2-3,10,12,17H,4-9H2,1H3,(H,24,26)/t17-/m1/s1. The van der Waals surface area contributed by atoms with Gasteiger partial charge in [0.1, 0.15) is 0 Å². The number of hydrogen-bond donors (Lipinski definition) is 1. The molecular formula is C20H21F3N2OS. The summed E-state index contributed by atoms with van der Waals surface area (Å²) < 4.78 is 40.6. The fraction of sp³-hybridized carbons (Fsp3) is 0.550. The molecule has 1 aliphatic carbocycles. The molecule has 3 saturated heterocycles. The van der Waals surface area contributed by atoms with E-state index in [1.807, 2.05) is 0 Å². The number of rotatable bonds is 2. The lowest BCUT2D eigenvalue weighted by Gasteiger charge is -2.52. The first-order chi connectivity index (χ1) is 12.8. The van der Waals surface area contributed by atoms with Crippen molar-refractivity contribution in [3.05, 3.63) is 34.2 Å². The van der Waals surface area contributed by atoms with E-state index < -0.39 is 11.7 Å². The third-order valence-corrected chi connectivity index (χ3v) is 7.84. The Labute approximate surface area is 159 Å². The minimum absolute atomic E-state index is 0.112. The first-order valence-electron chi connectivity index (χ1n) is 9.46. The van der Waals surface area contributed by atoms with Crippen LogP contribution in [-0.4, -0.2) is 35.5 Å². The molecule has 1 spiro atoms. The Hall–Kier alpha value is -1.60. The molecule has 1 amide bonds. The van der Waals surface area contributed by atoms with Gasteiger partial charge in [0.05, 0.1) is 16.5 Å². The van der Waals surface area contributed by atoms with E-state index in [1.54, 1.807) is 12.1 Å². The first-order valence-corrected chi connectivity index (χ1v) is 10.3. The van der Waals surface area contributed by atoms with Crippen LogP contribution < -0.4 is 5.32 Å². The number of nitrogens with zero attached hydrogens (tertiary/aromatic N) is 1. The Kier molecular flexibility index (Phi) is 3.70. The Morgan fingerprint density at radius 1 is 1.26 bits per heavy atom. The molecule has 1 aromatic carbocycles. The SMILES string of the molecule is Cc1ccc2cc(C(=O)N[C@@H]3C4CCN(CC4)C34CC4)sc2c1C(F)(F)F. The lowest BCUT2D eigenvalue weighted by molar-refractivity contribution is -0.136. The number of hydrogen-bond acceptors (Lipinski definition) is 3. The Bertz CT molecular complexity index is 923. The molecule has 144 valence electrons. The van der Waals surface area contributed by atoms with E-state index in [4.69, 9.17) is 0 Å². The number of thiophene rings is 1. The molecular weight excluding hydrogens is 373 g/mol. The maximum absolute atomic E-state index is 13.5. The highest BCUT2D eigenvalue weighted by Crippen LogP contribution is 2.53. The van der Waals surface area contributed by atoms with Crippen molar-refractivity contribution in [1.29, 1.82) is 0 Å². The molecule has 7 heteroatoms. The number of nitrogens with one attached hydrogen (secondary N) is 1. The molecule has 3 nitrogen and oxygen atoms in total. The number of piperidine rings is 3. The predicted molar refractivity (Wildman–Crippen MR) is 99.1 cm³/mol. The average molecular weight is 394 g/mol. The Morgan fingerprint density at radius 2 is 1.96 bits per heavy atom. The molecule has 4 aliphatic rings. The van der Waals surface area contributed by atoms with E-state index >= 15 is 0 Å². The second-order valence-electron chi connectivity index (χ2n) is 8.16. The van der Waals surface area contributed by atoms with Crippen LogP contribution in [0.4, 0.5) is 13.2 Å². The molecule has 2 bridgehead atoms. The molecule has 6 rings (SSSR count). The van der Waals surface area contributed by atoms with Gasteiger partial charge in [-0.1, -0.05) is 12.1 Å². The van der Waals surface area contributed by atoms with Crippen molar-refractivity contribution in [2.45, 2.75) is 50.4 Å². The van der Waals surface area contributed by atoms with E-state index in [-0.39, 0.29) is 27.8 Å². The molecule has 4 heterocycles.